The Hall–Kier alpha value is -3.87. The fraction of sp³-hybridized carbons (Fsp3) is 0.160. The molecule has 1 fully saturated rings. The van der Waals surface area contributed by atoms with Crippen LogP contribution in [0.1, 0.15) is 11.1 Å². The molecule has 0 bridgehead atoms. The number of nitrogens with zero attached hydrogens (tertiary/aromatic N) is 5. The second kappa shape index (κ2) is 7.37. The number of hydrogen-bond donors (Lipinski definition) is 1. The normalized spacial score (nSPS) is 16.4. The van der Waals surface area contributed by atoms with Crippen LogP contribution in [0.4, 0.5) is 11.6 Å². The maximum absolute atomic E-state index is 10.0. The quantitative estimate of drug-likeness (QED) is 0.271. The number of hydrogen-bond acceptors (Lipinski definition) is 6. The largest absolute Gasteiger partial charge is 0.410 e. The molecule has 0 radical (unpaired) electrons. The van der Waals surface area contributed by atoms with Crippen molar-refractivity contribution in [3.8, 4) is 11.1 Å². The van der Waals surface area contributed by atoms with E-state index in [-0.39, 0.29) is 0 Å². The predicted octanol–water partition coefficient (Wildman–Crippen LogP) is 2.42. The van der Waals surface area contributed by atoms with Crippen molar-refractivity contribution in [2.75, 3.05) is 36.0 Å². The number of piperazine rings is 1. The van der Waals surface area contributed by atoms with Crippen molar-refractivity contribution in [1.29, 1.82) is 0 Å². The van der Waals surface area contributed by atoms with Gasteiger partial charge in [0, 0.05) is 48.9 Å². The summed E-state index contributed by atoms with van der Waals surface area (Å²) in [6, 6.07) is 20.6. The topological polar surface area (TPSA) is 64.9 Å². The Kier molecular flexibility index (Phi) is 4.35. The molecular formula is C25H22BN5O. The van der Waals surface area contributed by atoms with Gasteiger partial charge in [0.15, 0.2) is 0 Å². The number of benzene rings is 2. The van der Waals surface area contributed by atoms with Gasteiger partial charge < -0.3 is 15.0 Å². The Morgan fingerprint density at radius 3 is 2.34 bits per heavy atom. The molecule has 1 aliphatic carbocycles. The van der Waals surface area contributed by atoms with Crippen molar-refractivity contribution >= 4 is 41.6 Å². The highest BCUT2D eigenvalue weighted by molar-refractivity contribution is 6.35. The number of aromatic nitrogens is 2. The van der Waals surface area contributed by atoms with Gasteiger partial charge >= 0.3 is 0 Å². The molecule has 6 nitrogen and oxygen atoms in total. The molecule has 156 valence electrons. The lowest BCUT2D eigenvalue weighted by Gasteiger charge is -2.37. The molecule has 3 heterocycles. The Bertz CT molecular complexity index is 1360. The molecule has 0 atom stereocenters. The van der Waals surface area contributed by atoms with E-state index in [1.807, 2.05) is 36.5 Å². The summed E-state index contributed by atoms with van der Waals surface area (Å²) in [6.45, 7) is 3.36. The molecule has 2 aromatic carbocycles. The van der Waals surface area contributed by atoms with Crippen molar-refractivity contribution in [3.05, 3.63) is 78.0 Å². The molecule has 1 N–H and O–H groups in total. The van der Waals surface area contributed by atoms with Crippen LogP contribution in [-0.4, -0.2) is 54.9 Å². The third kappa shape index (κ3) is 2.85. The van der Waals surface area contributed by atoms with E-state index in [0.29, 0.717) is 5.71 Å². The van der Waals surface area contributed by atoms with E-state index in [1.165, 1.54) is 5.46 Å². The minimum absolute atomic E-state index is 0.605. The molecule has 32 heavy (non-hydrogen) atoms. The summed E-state index contributed by atoms with van der Waals surface area (Å²) in [6.07, 6.45) is 1.84. The fourth-order valence-electron chi connectivity index (χ4n) is 4.93. The van der Waals surface area contributed by atoms with Crippen LogP contribution < -0.4 is 15.3 Å². The van der Waals surface area contributed by atoms with Gasteiger partial charge in [0.2, 0.25) is 0 Å². The van der Waals surface area contributed by atoms with Gasteiger partial charge in [-0.1, -0.05) is 53.1 Å². The third-order valence-electron chi connectivity index (χ3n) is 6.46. The van der Waals surface area contributed by atoms with Gasteiger partial charge in [0.25, 0.3) is 0 Å². The van der Waals surface area contributed by atoms with Crippen molar-refractivity contribution in [2.45, 2.75) is 0 Å². The molecule has 1 aliphatic heterocycles. The monoisotopic (exact) mass is 419 g/mol. The summed E-state index contributed by atoms with van der Waals surface area (Å²) in [5, 5.41) is 14.9. The standard InChI is InChI=1S/C25H22BN5O/c26-16-8-9-20-19(15-16)22-17-5-1-2-6-18(17)24(29-32)23(22)25(28-20)31-13-11-30(12-14-31)21-7-3-4-10-27-21/h1-10,15,32H,11-14,26H2/b29-24+. The van der Waals surface area contributed by atoms with Gasteiger partial charge in [-0.05, 0) is 23.8 Å². The zero-order valence-corrected chi connectivity index (χ0v) is 17.9. The highest BCUT2D eigenvalue weighted by Gasteiger charge is 2.33. The average molecular weight is 419 g/mol. The molecule has 0 amide bonds. The molecular weight excluding hydrogens is 397 g/mol. The van der Waals surface area contributed by atoms with Crippen LogP contribution in [0.25, 0.3) is 22.0 Å². The minimum Gasteiger partial charge on any atom is -0.410 e. The molecule has 0 saturated carbocycles. The van der Waals surface area contributed by atoms with Crippen LogP contribution in [-0.2, 0) is 0 Å². The van der Waals surface area contributed by atoms with Crippen LogP contribution >= 0.6 is 0 Å². The van der Waals surface area contributed by atoms with Crippen molar-refractivity contribution in [3.63, 3.8) is 0 Å². The highest BCUT2D eigenvalue weighted by atomic mass is 16.4. The summed E-state index contributed by atoms with van der Waals surface area (Å²) in [4.78, 5) is 14.2. The summed E-state index contributed by atoms with van der Waals surface area (Å²) in [5.41, 5.74) is 6.85. The maximum atomic E-state index is 10.0. The Morgan fingerprint density at radius 1 is 0.844 bits per heavy atom. The lowest BCUT2D eigenvalue weighted by molar-refractivity contribution is 0.320. The van der Waals surface area contributed by atoms with E-state index in [0.717, 1.165) is 71.0 Å². The van der Waals surface area contributed by atoms with Gasteiger partial charge in [-0.25, -0.2) is 9.97 Å². The number of rotatable bonds is 2. The van der Waals surface area contributed by atoms with Gasteiger partial charge in [-0.15, -0.1) is 0 Å². The van der Waals surface area contributed by atoms with Crippen LogP contribution in [0, 0.1) is 0 Å². The number of pyridine rings is 2. The van der Waals surface area contributed by atoms with Crippen LogP contribution in [0.2, 0.25) is 0 Å². The van der Waals surface area contributed by atoms with Gasteiger partial charge in [-0.3, -0.25) is 0 Å². The lowest BCUT2D eigenvalue weighted by atomic mass is 9.91. The average Bonchev–Trinajstić information content (AvgIpc) is 3.19. The number of fused-ring (bicyclic) bond motifs is 5. The second-order valence-electron chi connectivity index (χ2n) is 8.36. The Balaban J connectivity index is 1.48. The van der Waals surface area contributed by atoms with E-state index >= 15 is 0 Å². The van der Waals surface area contributed by atoms with Gasteiger partial charge in [0.1, 0.15) is 25.2 Å². The van der Waals surface area contributed by atoms with Gasteiger partial charge in [-0.2, -0.15) is 0 Å². The maximum Gasteiger partial charge on any atom is 0.139 e. The third-order valence-corrected chi connectivity index (χ3v) is 6.46. The van der Waals surface area contributed by atoms with Crippen LogP contribution in [0.3, 0.4) is 0 Å². The fourth-order valence-corrected chi connectivity index (χ4v) is 4.93. The Labute approximate surface area is 187 Å². The van der Waals surface area contributed by atoms with Crippen molar-refractivity contribution in [2.24, 2.45) is 5.16 Å². The number of oxime groups is 1. The summed E-state index contributed by atoms with van der Waals surface area (Å²) < 4.78 is 0. The molecule has 6 rings (SSSR count). The minimum atomic E-state index is 0.605. The molecule has 4 aromatic rings. The van der Waals surface area contributed by atoms with E-state index in [2.05, 4.69) is 58.1 Å². The first kappa shape index (κ1) is 18.9. The molecule has 7 heteroatoms. The predicted molar refractivity (Wildman–Crippen MR) is 131 cm³/mol. The smallest absolute Gasteiger partial charge is 0.139 e. The van der Waals surface area contributed by atoms with Crippen LogP contribution in [0.5, 0.6) is 0 Å². The summed E-state index contributed by atoms with van der Waals surface area (Å²) in [7, 11) is 2.10. The molecule has 0 spiro atoms. The molecule has 2 aliphatic rings. The zero-order valence-electron chi connectivity index (χ0n) is 17.9. The first-order valence-electron chi connectivity index (χ1n) is 10.9. The van der Waals surface area contributed by atoms with Crippen LogP contribution in [0.15, 0.2) is 72.0 Å². The zero-order chi connectivity index (χ0) is 21.7. The van der Waals surface area contributed by atoms with E-state index in [9.17, 15) is 5.21 Å². The van der Waals surface area contributed by atoms with E-state index in [4.69, 9.17) is 4.98 Å². The Morgan fingerprint density at radius 2 is 1.59 bits per heavy atom. The first-order valence-corrected chi connectivity index (χ1v) is 10.9. The van der Waals surface area contributed by atoms with Crippen molar-refractivity contribution < 1.29 is 5.21 Å². The SMILES string of the molecule is Bc1ccc2nc(N3CCN(c4ccccn4)CC3)c3c(c2c1)-c1ccccc1/C3=N\O. The molecule has 0 unspecified atom stereocenters. The molecule has 1 saturated heterocycles. The molecule has 2 aromatic heterocycles. The first-order chi connectivity index (χ1) is 15.7. The number of anilines is 2. The summed E-state index contributed by atoms with van der Waals surface area (Å²) >= 11 is 0. The highest BCUT2D eigenvalue weighted by Crippen LogP contribution is 2.45. The van der Waals surface area contributed by atoms with Crippen molar-refractivity contribution in [1.82, 2.24) is 9.97 Å². The van der Waals surface area contributed by atoms with Gasteiger partial charge in [0.05, 0.1) is 11.1 Å². The summed E-state index contributed by atoms with van der Waals surface area (Å²) in [5.74, 6) is 1.89. The second-order valence-corrected chi connectivity index (χ2v) is 8.36. The lowest BCUT2D eigenvalue weighted by Crippen LogP contribution is -2.47. The van der Waals surface area contributed by atoms with E-state index < -0.39 is 0 Å². The van der Waals surface area contributed by atoms with E-state index in [1.54, 1.807) is 0 Å².